The first kappa shape index (κ1) is 13.6. The van der Waals surface area contributed by atoms with E-state index >= 15 is 0 Å². The second-order valence-electron chi connectivity index (χ2n) is 3.47. The van der Waals surface area contributed by atoms with Crippen LogP contribution < -0.4 is 5.32 Å². The lowest BCUT2D eigenvalue weighted by Gasteiger charge is -2.12. The van der Waals surface area contributed by atoms with Crippen molar-refractivity contribution in [2.75, 3.05) is 0 Å². The molecule has 1 heterocycles. The van der Waals surface area contributed by atoms with E-state index in [0.717, 1.165) is 0 Å². The van der Waals surface area contributed by atoms with Gasteiger partial charge in [0.15, 0.2) is 0 Å². The molecule has 9 heteroatoms. The summed E-state index contributed by atoms with van der Waals surface area (Å²) in [5.74, 6) is -3.23. The van der Waals surface area contributed by atoms with Crippen molar-refractivity contribution in [1.29, 1.82) is 0 Å². The number of amides is 1. The van der Waals surface area contributed by atoms with Gasteiger partial charge in [0.05, 0.1) is 19.2 Å². The summed E-state index contributed by atoms with van der Waals surface area (Å²) >= 11 is 0. The summed E-state index contributed by atoms with van der Waals surface area (Å²) in [6, 6.07) is -1.43. The number of carboxylic acid groups (broad SMARTS) is 2. The first-order valence-electron chi connectivity index (χ1n) is 5.07. The molecule has 0 fully saturated rings. The zero-order chi connectivity index (χ0) is 13.5. The zero-order valence-corrected chi connectivity index (χ0v) is 9.31. The molecule has 0 bridgehead atoms. The number of carbonyl (C=O) groups excluding carboxylic acids is 1. The molecular formula is C9H12N4O5. The fourth-order valence-corrected chi connectivity index (χ4v) is 1.21. The van der Waals surface area contributed by atoms with E-state index in [4.69, 9.17) is 10.2 Å². The predicted octanol–water partition coefficient (Wildman–Crippen LogP) is -1.29. The molecule has 1 aromatic rings. The Bertz CT molecular complexity index is 430. The lowest BCUT2D eigenvalue weighted by molar-refractivity contribution is -0.147. The van der Waals surface area contributed by atoms with Crippen LogP contribution in [0.25, 0.3) is 0 Å². The van der Waals surface area contributed by atoms with Crippen LogP contribution in [0.15, 0.2) is 12.4 Å². The Kier molecular flexibility index (Phi) is 4.78. The monoisotopic (exact) mass is 256 g/mol. The van der Waals surface area contributed by atoms with Gasteiger partial charge in [-0.25, -0.2) is 4.79 Å². The maximum atomic E-state index is 11.4. The van der Waals surface area contributed by atoms with Crippen molar-refractivity contribution in [2.24, 2.45) is 0 Å². The van der Waals surface area contributed by atoms with Crippen LogP contribution in [0.3, 0.4) is 0 Å². The van der Waals surface area contributed by atoms with E-state index in [1.165, 1.54) is 10.9 Å². The van der Waals surface area contributed by atoms with E-state index in [9.17, 15) is 14.4 Å². The van der Waals surface area contributed by atoms with E-state index in [2.05, 4.69) is 15.6 Å². The molecule has 1 atom stereocenters. The SMILES string of the molecule is O=C(O)CC(NC(=O)CCn1ccnn1)C(=O)O. The summed E-state index contributed by atoms with van der Waals surface area (Å²) < 4.78 is 1.41. The molecule has 0 aromatic carbocycles. The maximum absolute atomic E-state index is 11.4. The molecule has 1 rings (SSSR count). The molecule has 3 N–H and O–H groups in total. The number of rotatable bonds is 7. The van der Waals surface area contributed by atoms with Gasteiger partial charge in [0.25, 0.3) is 0 Å². The molecule has 0 spiro atoms. The van der Waals surface area contributed by atoms with Gasteiger partial charge < -0.3 is 15.5 Å². The normalized spacial score (nSPS) is 11.8. The lowest BCUT2D eigenvalue weighted by Crippen LogP contribution is -2.42. The van der Waals surface area contributed by atoms with Crippen molar-refractivity contribution in [2.45, 2.75) is 25.4 Å². The van der Waals surface area contributed by atoms with Crippen molar-refractivity contribution in [3.8, 4) is 0 Å². The fourth-order valence-electron chi connectivity index (χ4n) is 1.21. The number of carboxylic acids is 2. The summed E-state index contributed by atoms with van der Waals surface area (Å²) in [5.41, 5.74) is 0. The highest BCUT2D eigenvalue weighted by Crippen LogP contribution is 1.95. The minimum Gasteiger partial charge on any atom is -0.481 e. The highest BCUT2D eigenvalue weighted by atomic mass is 16.4. The van der Waals surface area contributed by atoms with Crippen molar-refractivity contribution < 1.29 is 24.6 Å². The Morgan fingerprint density at radius 1 is 1.33 bits per heavy atom. The highest BCUT2D eigenvalue weighted by Gasteiger charge is 2.22. The Balaban J connectivity index is 2.41. The molecule has 0 aliphatic carbocycles. The number of carbonyl (C=O) groups is 3. The molecular weight excluding hydrogens is 244 g/mol. The topological polar surface area (TPSA) is 134 Å². The number of aryl methyl sites for hydroxylation is 1. The standard InChI is InChI=1S/C9H12N4O5/c14-7(1-3-13-4-2-10-12-13)11-6(9(17)18)5-8(15)16/h2,4,6H,1,3,5H2,(H,11,14)(H,15,16)(H,17,18). The van der Waals surface area contributed by atoms with Gasteiger partial charge >= 0.3 is 11.9 Å². The average Bonchev–Trinajstić information content (AvgIpc) is 2.77. The number of aliphatic carboxylic acids is 2. The van der Waals surface area contributed by atoms with Gasteiger partial charge in [-0.2, -0.15) is 0 Å². The van der Waals surface area contributed by atoms with Crippen LogP contribution >= 0.6 is 0 Å². The molecule has 0 saturated carbocycles. The van der Waals surface area contributed by atoms with Gasteiger partial charge in [0.2, 0.25) is 5.91 Å². The van der Waals surface area contributed by atoms with Gasteiger partial charge in [0.1, 0.15) is 6.04 Å². The molecule has 0 aliphatic rings. The Morgan fingerprint density at radius 3 is 2.56 bits per heavy atom. The van der Waals surface area contributed by atoms with Crippen molar-refractivity contribution in [1.82, 2.24) is 20.3 Å². The van der Waals surface area contributed by atoms with Crippen LogP contribution in [0.2, 0.25) is 0 Å². The van der Waals surface area contributed by atoms with Gasteiger partial charge in [-0.15, -0.1) is 5.10 Å². The Morgan fingerprint density at radius 2 is 2.06 bits per heavy atom. The summed E-state index contributed by atoms with van der Waals surface area (Å²) in [6.45, 7) is 0.241. The van der Waals surface area contributed by atoms with Crippen LogP contribution in [0, 0.1) is 0 Å². The molecule has 1 aromatic heterocycles. The van der Waals surface area contributed by atoms with Crippen LogP contribution in [-0.4, -0.2) is 49.1 Å². The van der Waals surface area contributed by atoms with Crippen molar-refractivity contribution in [3.05, 3.63) is 12.4 Å². The van der Waals surface area contributed by atoms with Gasteiger partial charge in [-0.3, -0.25) is 14.3 Å². The third kappa shape index (κ3) is 4.60. The molecule has 18 heavy (non-hydrogen) atoms. The van der Waals surface area contributed by atoms with E-state index in [1.54, 1.807) is 6.20 Å². The third-order valence-corrected chi connectivity index (χ3v) is 2.05. The Hall–Kier alpha value is -2.45. The summed E-state index contributed by atoms with van der Waals surface area (Å²) in [5, 5.41) is 26.5. The van der Waals surface area contributed by atoms with Crippen LogP contribution in [0.1, 0.15) is 12.8 Å². The fraction of sp³-hybridized carbons (Fsp3) is 0.444. The smallest absolute Gasteiger partial charge is 0.326 e. The minimum absolute atomic E-state index is 0.00718. The quantitative estimate of drug-likeness (QED) is 0.552. The minimum atomic E-state index is -1.43. The summed E-state index contributed by atoms with van der Waals surface area (Å²) in [4.78, 5) is 32.5. The number of aromatic nitrogens is 3. The molecule has 0 saturated heterocycles. The third-order valence-electron chi connectivity index (χ3n) is 2.05. The molecule has 1 unspecified atom stereocenters. The Labute approximate surface area is 101 Å². The maximum Gasteiger partial charge on any atom is 0.326 e. The first-order valence-corrected chi connectivity index (χ1v) is 5.07. The number of hydrogen-bond acceptors (Lipinski definition) is 5. The van der Waals surface area contributed by atoms with Crippen molar-refractivity contribution in [3.63, 3.8) is 0 Å². The van der Waals surface area contributed by atoms with E-state index in [1.807, 2.05) is 0 Å². The predicted molar refractivity (Wildman–Crippen MR) is 56.5 cm³/mol. The van der Waals surface area contributed by atoms with E-state index in [-0.39, 0.29) is 13.0 Å². The summed E-state index contributed by atoms with van der Waals surface area (Å²) in [7, 11) is 0. The lowest BCUT2D eigenvalue weighted by atomic mass is 10.2. The van der Waals surface area contributed by atoms with Crippen molar-refractivity contribution >= 4 is 17.8 Å². The molecule has 98 valence electrons. The van der Waals surface area contributed by atoms with Crippen LogP contribution in [-0.2, 0) is 20.9 Å². The second kappa shape index (κ2) is 6.33. The number of nitrogens with zero attached hydrogens (tertiary/aromatic N) is 3. The largest absolute Gasteiger partial charge is 0.481 e. The molecule has 1 amide bonds. The average molecular weight is 256 g/mol. The summed E-state index contributed by atoms with van der Waals surface area (Å²) in [6.07, 6.45) is 2.33. The number of hydrogen-bond donors (Lipinski definition) is 3. The van der Waals surface area contributed by atoms with Gasteiger partial charge in [-0.05, 0) is 0 Å². The molecule has 0 radical (unpaired) electrons. The second-order valence-corrected chi connectivity index (χ2v) is 3.47. The van der Waals surface area contributed by atoms with Gasteiger partial charge in [0, 0.05) is 12.6 Å². The first-order chi connectivity index (χ1) is 8.49. The van der Waals surface area contributed by atoms with Crippen LogP contribution in [0.4, 0.5) is 0 Å². The zero-order valence-electron chi connectivity index (χ0n) is 9.31. The van der Waals surface area contributed by atoms with Crippen LogP contribution in [0.5, 0.6) is 0 Å². The molecule has 9 nitrogen and oxygen atoms in total. The highest BCUT2D eigenvalue weighted by molar-refractivity contribution is 5.86. The van der Waals surface area contributed by atoms with Gasteiger partial charge in [-0.1, -0.05) is 5.21 Å². The van der Waals surface area contributed by atoms with E-state index in [0.29, 0.717) is 0 Å². The molecule has 0 aliphatic heterocycles. The van der Waals surface area contributed by atoms with E-state index < -0.39 is 30.3 Å². The number of nitrogens with one attached hydrogen (secondary N) is 1.